The van der Waals surface area contributed by atoms with Gasteiger partial charge in [0.25, 0.3) is 0 Å². The average Bonchev–Trinajstić information content (AvgIpc) is 3.04. The van der Waals surface area contributed by atoms with Crippen molar-refractivity contribution in [3.63, 3.8) is 0 Å². The summed E-state index contributed by atoms with van der Waals surface area (Å²) >= 11 is 0. The van der Waals surface area contributed by atoms with Crippen molar-refractivity contribution in [3.8, 4) is 5.75 Å². The van der Waals surface area contributed by atoms with Crippen LogP contribution in [0.4, 0.5) is 17.8 Å². The zero-order chi connectivity index (χ0) is 29.4. The number of ketones is 1. The lowest BCUT2D eigenvalue weighted by atomic mass is 10.0. The van der Waals surface area contributed by atoms with Gasteiger partial charge in [0.05, 0.1) is 20.3 Å². The second kappa shape index (κ2) is 17.3. The van der Waals surface area contributed by atoms with Crippen LogP contribution < -0.4 is 20.3 Å². The highest BCUT2D eigenvalue weighted by Gasteiger charge is 2.16. The number of hydrogen-bond donors (Lipinski definition) is 2. The van der Waals surface area contributed by atoms with Crippen LogP contribution in [0, 0.1) is 0 Å². The Hall–Kier alpha value is -3.76. The summed E-state index contributed by atoms with van der Waals surface area (Å²) in [7, 11) is 1.66. The molecule has 10 nitrogen and oxygen atoms in total. The number of ether oxygens (including phenoxy) is 3. The van der Waals surface area contributed by atoms with Crippen LogP contribution in [0.2, 0.25) is 0 Å². The Morgan fingerprint density at radius 3 is 1.98 bits per heavy atom. The third-order valence-corrected chi connectivity index (χ3v) is 7.01. The minimum absolute atomic E-state index is 0.122. The first-order valence-electron chi connectivity index (χ1n) is 15.0. The Morgan fingerprint density at radius 1 is 0.786 bits per heavy atom. The highest BCUT2D eigenvalue weighted by Crippen LogP contribution is 2.20. The van der Waals surface area contributed by atoms with Gasteiger partial charge in [-0.25, -0.2) is 0 Å². The molecular formula is C32H44N6O4. The van der Waals surface area contributed by atoms with Gasteiger partial charge in [-0.05, 0) is 55.4 Å². The van der Waals surface area contributed by atoms with Gasteiger partial charge in [0.2, 0.25) is 17.8 Å². The molecule has 0 atom stereocenters. The molecule has 1 aliphatic rings. The van der Waals surface area contributed by atoms with Gasteiger partial charge in [0.15, 0.2) is 5.78 Å². The van der Waals surface area contributed by atoms with E-state index in [0.717, 1.165) is 55.8 Å². The molecule has 1 aliphatic heterocycles. The summed E-state index contributed by atoms with van der Waals surface area (Å²) in [6.07, 6.45) is 5.67. The molecule has 0 saturated carbocycles. The smallest absolute Gasteiger partial charge is 0.231 e. The van der Waals surface area contributed by atoms with Crippen molar-refractivity contribution in [2.24, 2.45) is 0 Å². The number of Topliss-reactive ketones (excluding diaryl/α,β-unsaturated/α-hetero) is 1. The SMILES string of the molecule is CCCOCCOCCCC(=O)c1ccc(CNc2nc(NCc3ccc(OC)cc3)nc(N3CCCCC3)n2)cc1. The Kier molecular flexibility index (Phi) is 12.8. The highest BCUT2D eigenvalue weighted by molar-refractivity contribution is 5.96. The lowest BCUT2D eigenvalue weighted by molar-refractivity contribution is 0.0463. The molecule has 4 rings (SSSR count). The third kappa shape index (κ3) is 10.3. The molecule has 1 fully saturated rings. The van der Waals surface area contributed by atoms with Crippen LogP contribution >= 0.6 is 0 Å². The van der Waals surface area contributed by atoms with E-state index in [1.807, 2.05) is 48.5 Å². The molecular weight excluding hydrogens is 532 g/mol. The van der Waals surface area contributed by atoms with Crippen LogP contribution in [0.5, 0.6) is 5.75 Å². The van der Waals surface area contributed by atoms with E-state index in [0.29, 0.717) is 69.2 Å². The van der Waals surface area contributed by atoms with Crippen LogP contribution in [-0.4, -0.2) is 67.4 Å². The van der Waals surface area contributed by atoms with Gasteiger partial charge in [0.1, 0.15) is 5.75 Å². The molecule has 0 spiro atoms. The molecule has 0 amide bonds. The molecule has 0 radical (unpaired) electrons. The maximum atomic E-state index is 12.6. The molecule has 2 heterocycles. The van der Waals surface area contributed by atoms with Crippen molar-refractivity contribution in [2.75, 3.05) is 62.2 Å². The first-order valence-corrected chi connectivity index (χ1v) is 15.0. The van der Waals surface area contributed by atoms with Crippen LogP contribution in [0.15, 0.2) is 48.5 Å². The Balaban J connectivity index is 1.30. The first-order chi connectivity index (χ1) is 20.6. The second-order valence-corrected chi connectivity index (χ2v) is 10.3. The standard InChI is InChI=1S/C32H44N6O4/c1-3-19-41-21-22-42-20-7-8-29(39)27-13-9-25(10-14-27)23-33-30-35-31(34-24-26-11-15-28(40-2)16-12-26)37-32(36-30)38-17-5-4-6-18-38/h9-16H,3-8,17-24H2,1-2H3,(H2,33,34,35,36,37). The fraction of sp³-hybridized carbons (Fsp3) is 0.500. The van der Waals surface area contributed by atoms with E-state index in [1.165, 1.54) is 6.42 Å². The quantitative estimate of drug-likeness (QED) is 0.149. The van der Waals surface area contributed by atoms with E-state index in [1.54, 1.807) is 7.11 Å². The number of hydrogen-bond acceptors (Lipinski definition) is 10. The van der Waals surface area contributed by atoms with Gasteiger partial charge in [-0.15, -0.1) is 0 Å². The Labute approximate surface area is 249 Å². The minimum Gasteiger partial charge on any atom is -0.497 e. The molecule has 0 aliphatic carbocycles. The summed E-state index contributed by atoms with van der Waals surface area (Å²) in [5.74, 6) is 2.67. The summed E-state index contributed by atoms with van der Waals surface area (Å²) in [4.78, 5) is 28.9. The largest absolute Gasteiger partial charge is 0.497 e. The zero-order valence-corrected chi connectivity index (χ0v) is 24.9. The molecule has 2 N–H and O–H groups in total. The van der Waals surface area contributed by atoms with Crippen LogP contribution in [0.25, 0.3) is 0 Å². The number of anilines is 3. The van der Waals surface area contributed by atoms with Crippen molar-refractivity contribution >= 4 is 23.6 Å². The number of aromatic nitrogens is 3. The predicted molar refractivity (Wildman–Crippen MR) is 165 cm³/mol. The van der Waals surface area contributed by atoms with Crippen LogP contribution in [-0.2, 0) is 22.6 Å². The predicted octanol–water partition coefficient (Wildman–Crippen LogP) is 5.50. The topological polar surface area (TPSA) is 111 Å². The van der Waals surface area contributed by atoms with Crippen molar-refractivity contribution in [3.05, 3.63) is 65.2 Å². The summed E-state index contributed by atoms with van der Waals surface area (Å²) in [5, 5.41) is 6.70. The Morgan fingerprint density at radius 2 is 1.38 bits per heavy atom. The highest BCUT2D eigenvalue weighted by atomic mass is 16.5. The molecule has 1 saturated heterocycles. The number of carbonyl (C=O) groups is 1. The third-order valence-electron chi connectivity index (χ3n) is 7.01. The number of nitrogens with one attached hydrogen (secondary N) is 2. The number of benzene rings is 2. The number of carbonyl (C=O) groups excluding carboxylic acids is 1. The van der Waals surface area contributed by atoms with Crippen molar-refractivity contribution in [1.29, 1.82) is 0 Å². The van der Waals surface area contributed by atoms with Crippen LogP contribution in [0.3, 0.4) is 0 Å². The number of rotatable bonds is 18. The average molecular weight is 577 g/mol. The molecule has 42 heavy (non-hydrogen) atoms. The summed E-state index contributed by atoms with van der Waals surface area (Å²) in [5.41, 5.74) is 2.85. The van der Waals surface area contributed by atoms with E-state index < -0.39 is 0 Å². The number of methoxy groups -OCH3 is 1. The number of piperidine rings is 1. The summed E-state index contributed by atoms with van der Waals surface area (Å²) in [6, 6.07) is 15.6. The lowest BCUT2D eigenvalue weighted by Crippen LogP contribution is -2.31. The fourth-order valence-corrected chi connectivity index (χ4v) is 4.62. The van der Waals surface area contributed by atoms with Gasteiger partial charge in [0, 0.05) is 51.4 Å². The monoisotopic (exact) mass is 576 g/mol. The normalized spacial score (nSPS) is 13.1. The van der Waals surface area contributed by atoms with Gasteiger partial charge >= 0.3 is 0 Å². The molecule has 0 unspecified atom stereocenters. The van der Waals surface area contributed by atoms with E-state index in [9.17, 15) is 4.79 Å². The summed E-state index contributed by atoms with van der Waals surface area (Å²) in [6.45, 7) is 7.56. The Bertz CT molecular complexity index is 1220. The first kappa shape index (κ1) is 31.2. The molecule has 3 aromatic rings. The fourth-order valence-electron chi connectivity index (χ4n) is 4.62. The summed E-state index contributed by atoms with van der Waals surface area (Å²) < 4.78 is 16.2. The van der Waals surface area contributed by atoms with E-state index in [2.05, 4.69) is 27.4 Å². The minimum atomic E-state index is 0.122. The van der Waals surface area contributed by atoms with Gasteiger partial charge in [-0.1, -0.05) is 43.3 Å². The number of nitrogens with zero attached hydrogens (tertiary/aromatic N) is 4. The van der Waals surface area contributed by atoms with Crippen LogP contribution in [0.1, 0.15) is 66.9 Å². The molecule has 226 valence electrons. The molecule has 1 aromatic heterocycles. The second-order valence-electron chi connectivity index (χ2n) is 10.3. The van der Waals surface area contributed by atoms with Crippen molar-refractivity contribution < 1.29 is 19.0 Å². The van der Waals surface area contributed by atoms with Crippen molar-refractivity contribution in [1.82, 2.24) is 15.0 Å². The van der Waals surface area contributed by atoms with Gasteiger partial charge in [-0.3, -0.25) is 4.79 Å². The van der Waals surface area contributed by atoms with E-state index in [4.69, 9.17) is 24.2 Å². The van der Waals surface area contributed by atoms with E-state index in [-0.39, 0.29) is 5.78 Å². The molecule has 10 heteroatoms. The molecule has 0 bridgehead atoms. The maximum absolute atomic E-state index is 12.6. The van der Waals surface area contributed by atoms with Gasteiger partial charge < -0.3 is 29.7 Å². The lowest BCUT2D eigenvalue weighted by Gasteiger charge is -2.27. The van der Waals surface area contributed by atoms with Gasteiger partial charge in [-0.2, -0.15) is 15.0 Å². The van der Waals surface area contributed by atoms with E-state index >= 15 is 0 Å². The van der Waals surface area contributed by atoms with Crippen molar-refractivity contribution in [2.45, 2.75) is 58.5 Å². The zero-order valence-electron chi connectivity index (χ0n) is 24.9. The molecule has 2 aromatic carbocycles. The maximum Gasteiger partial charge on any atom is 0.231 e.